The Labute approximate surface area is 140 Å². The molecule has 0 spiro atoms. The number of halogens is 2. The first kappa shape index (κ1) is 18.2. The number of ether oxygens (including phenoxy) is 1. The summed E-state index contributed by atoms with van der Waals surface area (Å²) < 4.78 is 31.5. The number of hydrogen-bond donors (Lipinski definition) is 1. The van der Waals surface area contributed by atoms with Crippen LogP contribution in [0.2, 0.25) is 0 Å². The SMILES string of the molecule is CN=C(NCCc1cc(F)ccc1F)N1CCC(C(=O)OC)CC1. The zero-order valence-electron chi connectivity index (χ0n) is 14.0. The first-order chi connectivity index (χ1) is 11.5. The molecule has 5 nitrogen and oxygen atoms in total. The molecule has 2 rings (SSSR count). The Morgan fingerprint density at radius 2 is 2.08 bits per heavy atom. The number of nitrogens with one attached hydrogen (secondary N) is 1. The quantitative estimate of drug-likeness (QED) is 0.518. The Morgan fingerprint density at radius 1 is 1.38 bits per heavy atom. The zero-order valence-corrected chi connectivity index (χ0v) is 14.0. The summed E-state index contributed by atoms with van der Waals surface area (Å²) >= 11 is 0. The van der Waals surface area contributed by atoms with Gasteiger partial charge in [0.25, 0.3) is 0 Å². The molecule has 0 unspecified atom stereocenters. The number of carbonyl (C=O) groups is 1. The smallest absolute Gasteiger partial charge is 0.308 e. The lowest BCUT2D eigenvalue weighted by Crippen LogP contribution is -2.47. The van der Waals surface area contributed by atoms with E-state index < -0.39 is 11.6 Å². The van der Waals surface area contributed by atoms with Gasteiger partial charge in [-0.25, -0.2) is 8.78 Å². The summed E-state index contributed by atoms with van der Waals surface area (Å²) in [4.78, 5) is 17.8. The number of esters is 1. The molecule has 1 aliphatic heterocycles. The molecule has 1 aliphatic rings. The molecule has 0 atom stereocenters. The first-order valence-corrected chi connectivity index (χ1v) is 8.02. The van der Waals surface area contributed by atoms with E-state index in [1.165, 1.54) is 13.2 Å². The zero-order chi connectivity index (χ0) is 17.5. The van der Waals surface area contributed by atoms with Crippen molar-refractivity contribution in [2.45, 2.75) is 19.3 Å². The van der Waals surface area contributed by atoms with Crippen molar-refractivity contribution in [3.05, 3.63) is 35.4 Å². The molecule has 7 heteroatoms. The fourth-order valence-electron chi connectivity index (χ4n) is 2.87. The highest BCUT2D eigenvalue weighted by Gasteiger charge is 2.26. The van der Waals surface area contributed by atoms with Gasteiger partial charge in [0, 0.05) is 26.7 Å². The number of aliphatic imine (C=N–C) groups is 1. The maximum atomic E-state index is 13.6. The van der Waals surface area contributed by atoms with E-state index in [9.17, 15) is 13.6 Å². The summed E-state index contributed by atoms with van der Waals surface area (Å²) in [5.74, 6) is -0.382. The van der Waals surface area contributed by atoms with Crippen LogP contribution >= 0.6 is 0 Å². The molecule has 24 heavy (non-hydrogen) atoms. The molecule has 1 heterocycles. The van der Waals surface area contributed by atoms with E-state index in [2.05, 4.69) is 15.2 Å². The van der Waals surface area contributed by atoms with E-state index in [1.54, 1.807) is 7.05 Å². The van der Waals surface area contributed by atoms with Gasteiger partial charge in [-0.05, 0) is 43.0 Å². The van der Waals surface area contributed by atoms with Gasteiger partial charge >= 0.3 is 5.97 Å². The van der Waals surface area contributed by atoms with Crippen molar-refractivity contribution in [3.8, 4) is 0 Å². The van der Waals surface area contributed by atoms with Gasteiger partial charge in [-0.3, -0.25) is 9.79 Å². The molecular formula is C17H23F2N3O2. The van der Waals surface area contributed by atoms with Gasteiger partial charge in [0.1, 0.15) is 11.6 Å². The molecule has 0 aliphatic carbocycles. The Hall–Kier alpha value is -2.18. The fraction of sp³-hybridized carbons (Fsp3) is 0.529. The maximum Gasteiger partial charge on any atom is 0.308 e. The van der Waals surface area contributed by atoms with Gasteiger partial charge in [0.15, 0.2) is 5.96 Å². The van der Waals surface area contributed by atoms with E-state index in [0.717, 1.165) is 12.1 Å². The number of nitrogens with zero attached hydrogens (tertiary/aromatic N) is 2. The Balaban J connectivity index is 1.83. The molecule has 1 N–H and O–H groups in total. The van der Waals surface area contributed by atoms with E-state index >= 15 is 0 Å². The van der Waals surface area contributed by atoms with Gasteiger partial charge in [-0.2, -0.15) is 0 Å². The highest BCUT2D eigenvalue weighted by atomic mass is 19.1. The van der Waals surface area contributed by atoms with Gasteiger partial charge in [0.05, 0.1) is 13.0 Å². The van der Waals surface area contributed by atoms with Crippen LogP contribution in [0.15, 0.2) is 23.2 Å². The highest BCUT2D eigenvalue weighted by molar-refractivity contribution is 5.80. The van der Waals surface area contributed by atoms with E-state index in [-0.39, 0.29) is 11.9 Å². The van der Waals surface area contributed by atoms with Crippen LogP contribution in [0.25, 0.3) is 0 Å². The molecule has 0 aromatic heterocycles. The number of carbonyl (C=O) groups excluding carboxylic acids is 1. The Bertz CT molecular complexity index is 599. The molecule has 0 saturated carbocycles. The van der Waals surface area contributed by atoms with Crippen LogP contribution in [0.3, 0.4) is 0 Å². The molecule has 1 saturated heterocycles. The number of rotatable bonds is 4. The van der Waals surface area contributed by atoms with Gasteiger partial charge in [-0.1, -0.05) is 0 Å². The van der Waals surface area contributed by atoms with E-state index in [1.807, 2.05) is 0 Å². The number of hydrogen-bond acceptors (Lipinski definition) is 3. The number of methoxy groups -OCH3 is 1. The maximum absolute atomic E-state index is 13.6. The van der Waals surface area contributed by atoms with Crippen LogP contribution in [0.5, 0.6) is 0 Å². The second-order valence-corrected chi connectivity index (χ2v) is 5.74. The van der Waals surface area contributed by atoms with Crippen molar-refractivity contribution in [1.29, 1.82) is 0 Å². The molecular weight excluding hydrogens is 316 g/mol. The third-order valence-corrected chi connectivity index (χ3v) is 4.23. The second-order valence-electron chi connectivity index (χ2n) is 5.74. The van der Waals surface area contributed by atoms with Gasteiger partial charge in [0.2, 0.25) is 0 Å². The van der Waals surface area contributed by atoms with Crippen LogP contribution < -0.4 is 5.32 Å². The Kier molecular flexibility index (Phi) is 6.52. The summed E-state index contributed by atoms with van der Waals surface area (Å²) in [6.45, 7) is 1.85. The molecule has 1 fully saturated rings. The molecule has 1 aromatic carbocycles. The molecule has 0 amide bonds. The molecule has 1 aromatic rings. The fourth-order valence-corrected chi connectivity index (χ4v) is 2.87. The van der Waals surface area contributed by atoms with Crippen molar-refractivity contribution in [3.63, 3.8) is 0 Å². The lowest BCUT2D eigenvalue weighted by molar-refractivity contribution is -0.146. The normalized spacial score (nSPS) is 16.2. The van der Waals surface area contributed by atoms with Crippen molar-refractivity contribution in [2.75, 3.05) is 33.8 Å². The Morgan fingerprint density at radius 3 is 2.71 bits per heavy atom. The average molecular weight is 339 g/mol. The number of likely N-dealkylation sites (tertiary alicyclic amines) is 1. The number of guanidine groups is 1. The first-order valence-electron chi connectivity index (χ1n) is 8.02. The van der Waals surface area contributed by atoms with Gasteiger partial charge in [-0.15, -0.1) is 0 Å². The van der Waals surface area contributed by atoms with Crippen LogP contribution in [-0.2, 0) is 16.0 Å². The summed E-state index contributed by atoms with van der Waals surface area (Å²) in [6.07, 6.45) is 1.79. The average Bonchev–Trinajstić information content (AvgIpc) is 2.61. The van der Waals surface area contributed by atoms with Crippen molar-refractivity contribution < 1.29 is 18.3 Å². The minimum absolute atomic E-state index is 0.0641. The van der Waals surface area contributed by atoms with Crippen LogP contribution in [0, 0.1) is 17.6 Å². The highest BCUT2D eigenvalue weighted by Crippen LogP contribution is 2.18. The third kappa shape index (κ3) is 4.66. The second kappa shape index (κ2) is 8.61. The van der Waals surface area contributed by atoms with Crippen molar-refractivity contribution >= 4 is 11.9 Å². The largest absolute Gasteiger partial charge is 0.469 e. The molecule has 0 radical (unpaired) electrons. The topological polar surface area (TPSA) is 53.9 Å². The predicted molar refractivity (Wildman–Crippen MR) is 87.7 cm³/mol. The number of piperidine rings is 1. The third-order valence-electron chi connectivity index (χ3n) is 4.23. The summed E-state index contributed by atoms with van der Waals surface area (Å²) in [5.41, 5.74) is 0.336. The molecule has 132 valence electrons. The summed E-state index contributed by atoms with van der Waals surface area (Å²) in [6, 6.07) is 3.45. The minimum Gasteiger partial charge on any atom is -0.469 e. The number of benzene rings is 1. The lowest BCUT2D eigenvalue weighted by Gasteiger charge is -2.33. The van der Waals surface area contributed by atoms with Crippen LogP contribution in [0.1, 0.15) is 18.4 Å². The van der Waals surface area contributed by atoms with E-state index in [0.29, 0.717) is 50.4 Å². The van der Waals surface area contributed by atoms with Crippen LogP contribution in [0.4, 0.5) is 8.78 Å². The van der Waals surface area contributed by atoms with Gasteiger partial charge < -0.3 is 15.0 Å². The van der Waals surface area contributed by atoms with E-state index in [4.69, 9.17) is 4.74 Å². The standard InChI is InChI=1S/C17H23F2N3O2/c1-20-17(22-9-6-12(7-10-22)16(23)24-2)21-8-5-13-11-14(18)3-4-15(13)19/h3-4,11-12H,5-10H2,1-2H3,(H,20,21). The predicted octanol–water partition coefficient (Wildman–Crippen LogP) is 1.97. The summed E-state index contributed by atoms with van der Waals surface area (Å²) in [7, 11) is 3.08. The monoisotopic (exact) mass is 339 g/mol. The van der Waals surface area contributed by atoms with Crippen LogP contribution in [-0.4, -0.2) is 50.6 Å². The van der Waals surface area contributed by atoms with Crippen molar-refractivity contribution in [2.24, 2.45) is 10.9 Å². The molecule has 0 bridgehead atoms. The summed E-state index contributed by atoms with van der Waals surface area (Å²) in [5, 5.41) is 3.16. The lowest BCUT2D eigenvalue weighted by atomic mass is 9.97. The van der Waals surface area contributed by atoms with Crippen molar-refractivity contribution in [1.82, 2.24) is 10.2 Å². The minimum atomic E-state index is -0.444.